The van der Waals surface area contributed by atoms with Crippen LogP contribution in [0.5, 0.6) is 0 Å². The summed E-state index contributed by atoms with van der Waals surface area (Å²) in [4.78, 5) is 11.7. The minimum atomic E-state index is -0.268. The summed E-state index contributed by atoms with van der Waals surface area (Å²) in [5, 5.41) is 0. The van der Waals surface area contributed by atoms with E-state index in [0.717, 1.165) is 32.3 Å². The van der Waals surface area contributed by atoms with Gasteiger partial charge in [-0.25, -0.2) is 0 Å². The predicted octanol–water partition coefficient (Wildman–Crippen LogP) is 1.51. The Bertz CT molecular complexity index is 202. The van der Waals surface area contributed by atoms with Gasteiger partial charge in [0.25, 0.3) is 0 Å². The summed E-state index contributed by atoms with van der Waals surface area (Å²) in [5.41, 5.74) is -0.268. The first-order valence-corrected chi connectivity index (χ1v) is 5.08. The number of hydrogen-bond acceptors (Lipinski definition) is 3. The highest BCUT2D eigenvalue weighted by molar-refractivity contribution is 5.78. The van der Waals surface area contributed by atoms with Crippen LogP contribution in [0.15, 0.2) is 0 Å². The first-order valence-electron chi connectivity index (χ1n) is 5.08. The van der Waals surface area contributed by atoms with Gasteiger partial charge in [0.05, 0.1) is 18.1 Å². The van der Waals surface area contributed by atoms with Gasteiger partial charge in [-0.2, -0.15) is 0 Å². The standard InChI is InChI=1S/C10H16O3/c1-2-12-9(11)10-5-3-4-8(10)13-7-6-10/h8H,2-7H2,1H3. The molecule has 0 amide bonds. The normalized spacial score (nSPS) is 37.5. The third-order valence-electron chi connectivity index (χ3n) is 3.25. The van der Waals surface area contributed by atoms with Gasteiger partial charge >= 0.3 is 5.97 Å². The third kappa shape index (κ3) is 1.26. The number of carbonyl (C=O) groups excluding carboxylic acids is 1. The van der Waals surface area contributed by atoms with E-state index in [4.69, 9.17) is 9.47 Å². The van der Waals surface area contributed by atoms with Gasteiger partial charge in [-0.3, -0.25) is 4.79 Å². The molecule has 13 heavy (non-hydrogen) atoms. The van der Waals surface area contributed by atoms with Crippen LogP contribution in [0.3, 0.4) is 0 Å². The van der Waals surface area contributed by atoms with Crippen molar-refractivity contribution in [1.29, 1.82) is 0 Å². The molecule has 1 heterocycles. The molecule has 1 saturated carbocycles. The van der Waals surface area contributed by atoms with Gasteiger partial charge in [-0.05, 0) is 32.6 Å². The zero-order chi connectivity index (χ0) is 9.31. The molecule has 3 nitrogen and oxygen atoms in total. The van der Waals surface area contributed by atoms with Crippen molar-refractivity contribution in [3.8, 4) is 0 Å². The smallest absolute Gasteiger partial charge is 0.314 e. The van der Waals surface area contributed by atoms with Crippen molar-refractivity contribution in [3.63, 3.8) is 0 Å². The fraction of sp³-hybridized carbons (Fsp3) is 0.900. The molecule has 0 aromatic heterocycles. The van der Waals surface area contributed by atoms with Crippen LogP contribution >= 0.6 is 0 Å². The van der Waals surface area contributed by atoms with Crippen molar-refractivity contribution in [2.75, 3.05) is 13.2 Å². The fourth-order valence-electron chi connectivity index (χ4n) is 2.56. The molecule has 0 aromatic rings. The Kier molecular flexibility index (Phi) is 2.28. The maximum atomic E-state index is 11.7. The van der Waals surface area contributed by atoms with E-state index in [9.17, 15) is 4.79 Å². The van der Waals surface area contributed by atoms with E-state index in [1.807, 2.05) is 6.92 Å². The molecule has 1 aliphatic heterocycles. The lowest BCUT2D eigenvalue weighted by Gasteiger charge is -2.24. The molecule has 1 saturated heterocycles. The van der Waals surface area contributed by atoms with E-state index in [-0.39, 0.29) is 17.5 Å². The van der Waals surface area contributed by atoms with E-state index in [1.54, 1.807) is 0 Å². The van der Waals surface area contributed by atoms with Crippen molar-refractivity contribution in [2.45, 2.75) is 38.7 Å². The van der Waals surface area contributed by atoms with Crippen molar-refractivity contribution >= 4 is 5.97 Å². The predicted molar refractivity (Wildman–Crippen MR) is 47.3 cm³/mol. The summed E-state index contributed by atoms with van der Waals surface area (Å²) in [6.07, 6.45) is 4.08. The monoisotopic (exact) mass is 184 g/mol. The summed E-state index contributed by atoms with van der Waals surface area (Å²) < 4.78 is 10.7. The zero-order valence-electron chi connectivity index (χ0n) is 8.04. The summed E-state index contributed by atoms with van der Waals surface area (Å²) in [7, 11) is 0. The molecular formula is C10H16O3. The minimum Gasteiger partial charge on any atom is -0.465 e. The molecule has 2 aliphatic rings. The first kappa shape index (κ1) is 9.00. The van der Waals surface area contributed by atoms with Gasteiger partial charge in [-0.1, -0.05) is 0 Å². The van der Waals surface area contributed by atoms with E-state index in [1.165, 1.54) is 0 Å². The molecule has 2 fully saturated rings. The van der Waals surface area contributed by atoms with Crippen LogP contribution in [0, 0.1) is 5.41 Å². The Morgan fingerprint density at radius 3 is 3.23 bits per heavy atom. The van der Waals surface area contributed by atoms with Crippen molar-refractivity contribution in [2.24, 2.45) is 5.41 Å². The number of hydrogen-bond donors (Lipinski definition) is 0. The van der Waals surface area contributed by atoms with Crippen LogP contribution in [-0.2, 0) is 14.3 Å². The number of ether oxygens (including phenoxy) is 2. The molecule has 74 valence electrons. The van der Waals surface area contributed by atoms with Crippen LogP contribution in [0.1, 0.15) is 32.6 Å². The maximum absolute atomic E-state index is 11.7. The first-order chi connectivity index (χ1) is 6.29. The van der Waals surface area contributed by atoms with Gasteiger partial charge in [0.15, 0.2) is 0 Å². The van der Waals surface area contributed by atoms with Crippen LogP contribution in [-0.4, -0.2) is 25.3 Å². The number of fused-ring (bicyclic) bond motifs is 1. The lowest BCUT2D eigenvalue weighted by atomic mass is 9.83. The Balaban J connectivity index is 2.12. The Morgan fingerprint density at radius 1 is 1.62 bits per heavy atom. The molecule has 2 unspecified atom stereocenters. The quantitative estimate of drug-likeness (QED) is 0.610. The average molecular weight is 184 g/mol. The molecular weight excluding hydrogens is 168 g/mol. The summed E-state index contributed by atoms with van der Waals surface area (Å²) >= 11 is 0. The van der Waals surface area contributed by atoms with Gasteiger partial charge in [-0.15, -0.1) is 0 Å². The topological polar surface area (TPSA) is 35.5 Å². The zero-order valence-corrected chi connectivity index (χ0v) is 8.04. The molecule has 0 spiro atoms. The van der Waals surface area contributed by atoms with Crippen LogP contribution in [0.25, 0.3) is 0 Å². The van der Waals surface area contributed by atoms with E-state index < -0.39 is 0 Å². The molecule has 2 rings (SSSR count). The van der Waals surface area contributed by atoms with Gasteiger partial charge in [0.2, 0.25) is 0 Å². The molecule has 2 atom stereocenters. The number of carbonyl (C=O) groups is 1. The Labute approximate surface area is 78.4 Å². The summed E-state index contributed by atoms with van der Waals surface area (Å²) in [5.74, 6) is -0.0324. The van der Waals surface area contributed by atoms with Crippen molar-refractivity contribution in [1.82, 2.24) is 0 Å². The van der Waals surface area contributed by atoms with Gasteiger partial charge < -0.3 is 9.47 Å². The summed E-state index contributed by atoms with van der Waals surface area (Å²) in [6, 6.07) is 0. The molecule has 0 aromatic carbocycles. The highest BCUT2D eigenvalue weighted by Gasteiger charge is 2.53. The van der Waals surface area contributed by atoms with Gasteiger partial charge in [0, 0.05) is 6.61 Å². The maximum Gasteiger partial charge on any atom is 0.314 e. The number of esters is 1. The molecule has 0 radical (unpaired) electrons. The van der Waals surface area contributed by atoms with Crippen molar-refractivity contribution < 1.29 is 14.3 Å². The van der Waals surface area contributed by atoms with E-state index in [2.05, 4.69) is 0 Å². The molecule has 0 N–H and O–H groups in total. The van der Waals surface area contributed by atoms with E-state index in [0.29, 0.717) is 6.61 Å². The fourth-order valence-corrected chi connectivity index (χ4v) is 2.56. The van der Waals surface area contributed by atoms with Crippen LogP contribution in [0.2, 0.25) is 0 Å². The second-order valence-electron chi connectivity index (χ2n) is 3.88. The largest absolute Gasteiger partial charge is 0.465 e. The van der Waals surface area contributed by atoms with Gasteiger partial charge in [0.1, 0.15) is 0 Å². The molecule has 0 bridgehead atoms. The lowest BCUT2D eigenvalue weighted by molar-refractivity contribution is -0.157. The van der Waals surface area contributed by atoms with Crippen molar-refractivity contribution in [3.05, 3.63) is 0 Å². The third-order valence-corrected chi connectivity index (χ3v) is 3.25. The number of rotatable bonds is 2. The Morgan fingerprint density at radius 2 is 2.46 bits per heavy atom. The Hall–Kier alpha value is -0.570. The highest BCUT2D eigenvalue weighted by atomic mass is 16.5. The molecule has 3 heteroatoms. The van der Waals surface area contributed by atoms with E-state index >= 15 is 0 Å². The lowest BCUT2D eigenvalue weighted by Crippen LogP contribution is -2.36. The summed E-state index contributed by atoms with van der Waals surface area (Å²) in [6.45, 7) is 3.06. The minimum absolute atomic E-state index is 0.0324. The second-order valence-corrected chi connectivity index (χ2v) is 3.88. The van der Waals surface area contributed by atoms with Crippen LogP contribution < -0.4 is 0 Å². The average Bonchev–Trinajstić information content (AvgIpc) is 2.61. The molecule has 1 aliphatic carbocycles. The van der Waals surface area contributed by atoms with Crippen LogP contribution in [0.4, 0.5) is 0 Å². The SMILES string of the molecule is CCOC(=O)C12CCCC1OCC2. The highest BCUT2D eigenvalue weighted by Crippen LogP contribution is 2.48. The second kappa shape index (κ2) is 3.29.